The Morgan fingerprint density at radius 2 is 1.92 bits per heavy atom. The fourth-order valence-electron chi connectivity index (χ4n) is 6.40. The maximum atomic E-state index is 14.5. The van der Waals surface area contributed by atoms with Gasteiger partial charge < -0.3 is 20.0 Å². The van der Waals surface area contributed by atoms with E-state index in [1.165, 1.54) is 16.7 Å². The van der Waals surface area contributed by atoms with Gasteiger partial charge in [0, 0.05) is 22.5 Å². The van der Waals surface area contributed by atoms with Crippen LogP contribution in [-0.2, 0) is 20.8 Å². The van der Waals surface area contributed by atoms with Crippen LogP contribution in [0.1, 0.15) is 18.4 Å². The Hall–Kier alpha value is -2.81. The third-order valence-electron chi connectivity index (χ3n) is 7.89. The van der Waals surface area contributed by atoms with Crippen LogP contribution in [0, 0.1) is 11.8 Å². The molecular weight excluding hydrogens is 512 g/mol. The molecule has 0 aromatic heterocycles. The van der Waals surface area contributed by atoms with Crippen LogP contribution < -0.4 is 4.90 Å². The van der Waals surface area contributed by atoms with Crippen molar-refractivity contribution >= 4 is 46.8 Å². The van der Waals surface area contributed by atoms with Gasteiger partial charge in [-0.25, -0.2) is 0 Å². The molecule has 2 aromatic carbocycles. The highest BCUT2D eigenvalue weighted by atomic mass is 35.5. The van der Waals surface area contributed by atoms with Crippen molar-refractivity contribution in [3.05, 3.63) is 77.8 Å². The monoisotopic (exact) mass is 540 g/mol. The first-order chi connectivity index (χ1) is 17.8. The Morgan fingerprint density at radius 1 is 1.22 bits per heavy atom. The van der Waals surface area contributed by atoms with Gasteiger partial charge in [0.15, 0.2) is 0 Å². The number of hydrogen-bond donors (Lipinski definition) is 2. The number of aliphatic hydroxyl groups excluding tert-OH is 1. The molecule has 7 nitrogen and oxygen atoms in total. The van der Waals surface area contributed by atoms with Crippen LogP contribution in [0.3, 0.4) is 0 Å². The standard InChI is InChI=1S/C28H29ClN2O5S/c1-2-14-30(19-10-8-18(29)9-11-19)26(34)24-28-13-12-21(37-28)22(27(35)36)23(28)25(33)31(24)20(16-32)15-17-6-4-3-5-7-17/h2-11,20-24,32H,1,12-16H2,(H,35,36)/t20-,21+,22-,23+,24?,28?/m1/s1. The second kappa shape index (κ2) is 10.2. The van der Waals surface area contributed by atoms with Crippen LogP contribution in [0.15, 0.2) is 67.3 Å². The van der Waals surface area contributed by atoms with Crippen LogP contribution in [0.4, 0.5) is 5.69 Å². The number of carbonyl (C=O) groups is 3. The van der Waals surface area contributed by atoms with Crippen molar-refractivity contribution < 1.29 is 24.6 Å². The average Bonchev–Trinajstić information content (AvgIpc) is 3.54. The zero-order chi connectivity index (χ0) is 26.3. The van der Waals surface area contributed by atoms with E-state index in [9.17, 15) is 24.6 Å². The predicted molar refractivity (Wildman–Crippen MR) is 144 cm³/mol. The first kappa shape index (κ1) is 25.8. The van der Waals surface area contributed by atoms with Crippen molar-refractivity contribution in [3.8, 4) is 0 Å². The average molecular weight is 541 g/mol. The summed E-state index contributed by atoms with van der Waals surface area (Å²) in [5.41, 5.74) is 1.53. The topological polar surface area (TPSA) is 98.2 Å². The van der Waals surface area contributed by atoms with E-state index in [1.54, 1.807) is 35.2 Å². The number of amides is 2. The zero-order valence-corrected chi connectivity index (χ0v) is 21.8. The van der Waals surface area contributed by atoms with Gasteiger partial charge in [-0.3, -0.25) is 14.4 Å². The molecule has 2 unspecified atom stereocenters. The first-order valence-corrected chi connectivity index (χ1v) is 13.6. The number of carbonyl (C=O) groups excluding carboxylic acids is 2. The van der Waals surface area contributed by atoms with Gasteiger partial charge in [0.1, 0.15) is 6.04 Å². The summed E-state index contributed by atoms with van der Waals surface area (Å²) >= 11 is 7.56. The molecule has 2 bridgehead atoms. The van der Waals surface area contributed by atoms with Gasteiger partial charge >= 0.3 is 5.97 Å². The second-order valence-electron chi connectivity index (χ2n) is 9.88. The number of fused-ring (bicyclic) bond motifs is 1. The second-order valence-corrected chi connectivity index (χ2v) is 11.9. The molecule has 2 amide bonds. The van der Waals surface area contributed by atoms with E-state index >= 15 is 0 Å². The molecule has 3 fully saturated rings. The number of thioether (sulfide) groups is 1. The number of hydrogen-bond acceptors (Lipinski definition) is 5. The number of anilines is 1. The quantitative estimate of drug-likeness (QED) is 0.471. The number of aliphatic hydroxyl groups is 1. The lowest BCUT2D eigenvalue weighted by Crippen LogP contribution is -2.58. The molecule has 0 saturated carbocycles. The predicted octanol–water partition coefficient (Wildman–Crippen LogP) is 3.64. The van der Waals surface area contributed by atoms with Gasteiger partial charge in [-0.2, -0.15) is 0 Å². The fourth-order valence-corrected chi connectivity index (χ4v) is 8.72. The van der Waals surface area contributed by atoms with E-state index in [4.69, 9.17) is 11.6 Å². The number of aliphatic carboxylic acids is 1. The molecule has 3 saturated heterocycles. The smallest absolute Gasteiger partial charge is 0.308 e. The summed E-state index contributed by atoms with van der Waals surface area (Å²) in [4.78, 5) is 44.0. The Labute approximate surface area is 225 Å². The summed E-state index contributed by atoms with van der Waals surface area (Å²) in [7, 11) is 0. The van der Waals surface area contributed by atoms with Crippen molar-refractivity contribution in [2.75, 3.05) is 18.1 Å². The number of carboxylic acids is 1. The van der Waals surface area contributed by atoms with Crippen molar-refractivity contribution in [2.24, 2.45) is 11.8 Å². The molecule has 5 rings (SSSR count). The molecule has 6 atom stereocenters. The molecule has 3 aliphatic rings. The van der Waals surface area contributed by atoms with E-state index < -0.39 is 34.6 Å². The largest absolute Gasteiger partial charge is 0.481 e. The minimum Gasteiger partial charge on any atom is -0.481 e. The first-order valence-electron chi connectivity index (χ1n) is 12.4. The lowest BCUT2D eigenvalue weighted by atomic mass is 9.71. The third kappa shape index (κ3) is 4.25. The summed E-state index contributed by atoms with van der Waals surface area (Å²) in [5, 5.41) is 20.9. The Bertz CT molecular complexity index is 1210. The van der Waals surface area contributed by atoms with E-state index in [0.717, 1.165) is 5.56 Å². The van der Waals surface area contributed by atoms with E-state index in [-0.39, 0.29) is 30.2 Å². The van der Waals surface area contributed by atoms with Gasteiger partial charge in [-0.1, -0.05) is 48.0 Å². The molecule has 0 radical (unpaired) electrons. The molecule has 194 valence electrons. The van der Waals surface area contributed by atoms with Crippen LogP contribution in [-0.4, -0.2) is 68.1 Å². The van der Waals surface area contributed by atoms with Crippen molar-refractivity contribution in [1.82, 2.24) is 4.90 Å². The van der Waals surface area contributed by atoms with Gasteiger partial charge in [0.25, 0.3) is 5.91 Å². The molecule has 0 aliphatic carbocycles. The summed E-state index contributed by atoms with van der Waals surface area (Å²) in [6.07, 6.45) is 3.18. The van der Waals surface area contributed by atoms with Crippen LogP contribution in [0.25, 0.3) is 0 Å². The van der Waals surface area contributed by atoms with E-state index in [1.807, 2.05) is 30.3 Å². The minimum atomic E-state index is -1.00. The van der Waals surface area contributed by atoms with Crippen LogP contribution in [0.5, 0.6) is 0 Å². The third-order valence-corrected chi connectivity index (χ3v) is 10.1. The number of likely N-dealkylation sites (tertiary alicyclic amines) is 1. The molecule has 9 heteroatoms. The van der Waals surface area contributed by atoms with Crippen molar-refractivity contribution in [1.29, 1.82) is 0 Å². The highest BCUT2D eigenvalue weighted by Gasteiger charge is 2.74. The summed E-state index contributed by atoms with van der Waals surface area (Å²) in [6.45, 7) is 3.68. The molecular formula is C28H29ClN2O5S. The minimum absolute atomic E-state index is 0.207. The van der Waals surface area contributed by atoms with E-state index in [0.29, 0.717) is 30.0 Å². The number of rotatable bonds is 9. The normalized spacial score (nSPS) is 28.7. The lowest BCUT2D eigenvalue weighted by Gasteiger charge is -2.39. The van der Waals surface area contributed by atoms with Crippen molar-refractivity contribution in [3.63, 3.8) is 0 Å². The molecule has 1 spiro atoms. The van der Waals surface area contributed by atoms with Gasteiger partial charge in [-0.05, 0) is 49.1 Å². The van der Waals surface area contributed by atoms with Crippen LogP contribution in [0.2, 0.25) is 5.02 Å². The molecule has 37 heavy (non-hydrogen) atoms. The highest BCUT2D eigenvalue weighted by Crippen LogP contribution is 2.66. The Kier molecular flexibility index (Phi) is 7.09. The SMILES string of the molecule is C=CCN(C(=O)C1N([C@@H](CO)Cc2ccccc2)C(=O)[C@@H]2[C@H](C(=O)O)[C@@H]3CCC12S3)c1ccc(Cl)cc1. The van der Waals surface area contributed by atoms with Gasteiger partial charge in [0.2, 0.25) is 5.91 Å². The summed E-state index contributed by atoms with van der Waals surface area (Å²) in [6, 6.07) is 14.8. The lowest BCUT2D eigenvalue weighted by molar-refractivity contribution is -0.149. The number of carboxylic acid groups (broad SMARTS) is 1. The summed E-state index contributed by atoms with van der Waals surface area (Å²) < 4.78 is -0.863. The Morgan fingerprint density at radius 3 is 2.54 bits per heavy atom. The molecule has 3 heterocycles. The summed E-state index contributed by atoms with van der Waals surface area (Å²) in [5.74, 6) is -3.34. The van der Waals surface area contributed by atoms with E-state index in [2.05, 4.69) is 6.58 Å². The fraction of sp³-hybridized carbons (Fsp3) is 0.393. The molecule has 2 aromatic rings. The van der Waals surface area contributed by atoms with Crippen molar-refractivity contribution in [2.45, 2.75) is 41.3 Å². The van der Waals surface area contributed by atoms with Crippen LogP contribution >= 0.6 is 23.4 Å². The number of halogens is 1. The van der Waals surface area contributed by atoms with Gasteiger partial charge in [-0.15, -0.1) is 18.3 Å². The number of nitrogens with zero attached hydrogens (tertiary/aromatic N) is 2. The highest BCUT2D eigenvalue weighted by molar-refractivity contribution is 8.02. The Balaban J connectivity index is 1.60. The van der Waals surface area contributed by atoms with Gasteiger partial charge in [0.05, 0.1) is 29.2 Å². The molecule has 3 aliphatic heterocycles. The maximum absolute atomic E-state index is 14.5. The molecule has 2 N–H and O–H groups in total. The zero-order valence-electron chi connectivity index (χ0n) is 20.2. The maximum Gasteiger partial charge on any atom is 0.308 e. The number of benzene rings is 2.